The zero-order valence-corrected chi connectivity index (χ0v) is 10.6. The van der Waals surface area contributed by atoms with Gasteiger partial charge in [0.25, 0.3) is 0 Å². The number of hydrogen-bond acceptors (Lipinski definition) is 4. The van der Waals surface area contributed by atoms with Gasteiger partial charge in [0, 0.05) is 18.1 Å². The van der Waals surface area contributed by atoms with Crippen LogP contribution in [-0.2, 0) is 11.2 Å². The van der Waals surface area contributed by atoms with Crippen molar-refractivity contribution >= 4 is 21.7 Å². The lowest BCUT2D eigenvalue weighted by Crippen LogP contribution is -2.02. The van der Waals surface area contributed by atoms with E-state index in [1.54, 1.807) is 13.2 Å². The number of methoxy groups -OCH3 is 1. The highest BCUT2D eigenvalue weighted by molar-refractivity contribution is 9.10. The first-order chi connectivity index (χ1) is 7.63. The molecule has 0 N–H and O–H groups in total. The molecule has 16 heavy (non-hydrogen) atoms. The molecule has 0 amide bonds. The van der Waals surface area contributed by atoms with Crippen LogP contribution in [0.15, 0.2) is 10.5 Å². The first kappa shape index (κ1) is 11.3. The van der Waals surface area contributed by atoms with Crippen LogP contribution in [0.4, 0.5) is 0 Å². The van der Waals surface area contributed by atoms with Crippen LogP contribution in [-0.4, -0.2) is 19.7 Å². The molecule has 1 aliphatic heterocycles. The zero-order chi connectivity index (χ0) is 11.7. The molecule has 1 aromatic rings. The highest BCUT2D eigenvalue weighted by atomic mass is 79.9. The molecule has 0 atom stereocenters. The van der Waals surface area contributed by atoms with Crippen LogP contribution >= 0.6 is 15.9 Å². The molecule has 2 rings (SSSR count). The largest absolute Gasteiger partial charge is 0.495 e. The number of halogens is 1. The monoisotopic (exact) mass is 286 g/mol. The highest BCUT2D eigenvalue weighted by Gasteiger charge is 2.24. The molecule has 0 unspecified atom stereocenters. The summed E-state index contributed by atoms with van der Waals surface area (Å²) in [6.07, 6.45) is 0.272. The fourth-order valence-corrected chi connectivity index (χ4v) is 2.30. The summed E-state index contributed by atoms with van der Waals surface area (Å²) in [5.74, 6) is 1.92. The van der Waals surface area contributed by atoms with E-state index < -0.39 is 0 Å². The van der Waals surface area contributed by atoms with Gasteiger partial charge < -0.3 is 14.2 Å². The Morgan fingerprint density at radius 1 is 1.56 bits per heavy atom. The van der Waals surface area contributed by atoms with Crippen LogP contribution in [0.2, 0.25) is 0 Å². The Bertz CT molecular complexity index is 438. The number of ether oxygens (including phenoxy) is 3. The van der Waals surface area contributed by atoms with Crippen LogP contribution in [0.25, 0.3) is 0 Å². The van der Waals surface area contributed by atoms with Gasteiger partial charge in [-0.2, -0.15) is 0 Å². The van der Waals surface area contributed by atoms with Crippen molar-refractivity contribution in [3.63, 3.8) is 0 Å². The molecule has 5 heteroatoms. The fourth-order valence-electron chi connectivity index (χ4n) is 1.69. The van der Waals surface area contributed by atoms with Gasteiger partial charge in [-0.15, -0.1) is 0 Å². The molecular weight excluding hydrogens is 276 g/mol. The van der Waals surface area contributed by atoms with Crippen molar-refractivity contribution in [3.05, 3.63) is 16.1 Å². The Morgan fingerprint density at radius 3 is 2.94 bits per heavy atom. The molecule has 0 bridgehead atoms. The second-order valence-corrected chi connectivity index (χ2v) is 4.34. The van der Waals surface area contributed by atoms with Crippen molar-refractivity contribution < 1.29 is 19.0 Å². The molecule has 0 radical (unpaired) electrons. The Hall–Kier alpha value is -1.23. The fraction of sp³-hybridized carbons (Fsp3) is 0.364. The SMILES string of the molecule is COc1c(Br)cc2c(c1CC(C)=O)OCO2. The number of hydrogen-bond donors (Lipinski definition) is 0. The summed E-state index contributed by atoms with van der Waals surface area (Å²) in [7, 11) is 1.56. The average Bonchev–Trinajstić information content (AvgIpc) is 2.64. The van der Waals surface area contributed by atoms with Crippen LogP contribution in [0.5, 0.6) is 17.2 Å². The van der Waals surface area contributed by atoms with E-state index >= 15 is 0 Å². The van der Waals surface area contributed by atoms with Gasteiger partial charge in [0.05, 0.1) is 11.6 Å². The van der Waals surface area contributed by atoms with E-state index in [-0.39, 0.29) is 19.0 Å². The molecule has 0 aromatic heterocycles. The summed E-state index contributed by atoms with van der Waals surface area (Å²) in [4.78, 5) is 11.2. The lowest BCUT2D eigenvalue weighted by atomic mass is 10.1. The van der Waals surface area contributed by atoms with E-state index in [9.17, 15) is 4.79 Å². The molecule has 1 aliphatic rings. The Labute approximate surface area is 102 Å². The third kappa shape index (κ3) is 1.87. The number of Topliss-reactive ketones (excluding diaryl/α,β-unsaturated/α-hetero) is 1. The van der Waals surface area contributed by atoms with Crippen molar-refractivity contribution in [1.29, 1.82) is 0 Å². The van der Waals surface area contributed by atoms with E-state index in [0.717, 1.165) is 10.0 Å². The maximum Gasteiger partial charge on any atom is 0.231 e. The molecule has 0 spiro atoms. The van der Waals surface area contributed by atoms with Crippen LogP contribution in [0.3, 0.4) is 0 Å². The summed E-state index contributed by atoms with van der Waals surface area (Å²) in [6, 6.07) is 1.78. The van der Waals surface area contributed by atoms with Crippen molar-refractivity contribution in [1.82, 2.24) is 0 Å². The van der Waals surface area contributed by atoms with Crippen molar-refractivity contribution in [2.75, 3.05) is 13.9 Å². The minimum atomic E-state index is 0.0501. The average molecular weight is 287 g/mol. The van der Waals surface area contributed by atoms with Crippen LogP contribution in [0, 0.1) is 0 Å². The smallest absolute Gasteiger partial charge is 0.231 e. The maximum atomic E-state index is 11.2. The number of rotatable bonds is 3. The summed E-state index contributed by atoms with van der Waals surface area (Å²) in [5.41, 5.74) is 0.733. The number of fused-ring (bicyclic) bond motifs is 1. The van der Waals surface area contributed by atoms with Crippen LogP contribution in [0.1, 0.15) is 12.5 Å². The molecule has 86 valence electrons. The Kier molecular flexibility index (Phi) is 3.05. The van der Waals surface area contributed by atoms with Gasteiger partial charge in [-0.3, -0.25) is 4.79 Å². The molecule has 1 heterocycles. The van der Waals surface area contributed by atoms with Crippen LogP contribution < -0.4 is 14.2 Å². The van der Waals surface area contributed by atoms with E-state index in [2.05, 4.69) is 15.9 Å². The molecular formula is C11H11BrO4. The van der Waals surface area contributed by atoms with Gasteiger partial charge in [-0.1, -0.05) is 0 Å². The molecule has 1 aromatic carbocycles. The minimum Gasteiger partial charge on any atom is -0.495 e. The van der Waals surface area contributed by atoms with Gasteiger partial charge >= 0.3 is 0 Å². The third-order valence-electron chi connectivity index (χ3n) is 2.29. The topological polar surface area (TPSA) is 44.8 Å². The normalized spacial score (nSPS) is 12.7. The zero-order valence-electron chi connectivity index (χ0n) is 9.00. The van der Waals surface area contributed by atoms with Crippen molar-refractivity contribution in [2.45, 2.75) is 13.3 Å². The first-order valence-corrected chi connectivity index (χ1v) is 5.57. The van der Waals surface area contributed by atoms with E-state index in [4.69, 9.17) is 14.2 Å². The molecule has 4 nitrogen and oxygen atoms in total. The highest BCUT2D eigenvalue weighted by Crippen LogP contribution is 2.45. The number of carbonyl (C=O) groups is 1. The predicted octanol–water partition coefficient (Wildman–Crippen LogP) is 2.32. The Morgan fingerprint density at radius 2 is 2.31 bits per heavy atom. The first-order valence-electron chi connectivity index (χ1n) is 4.78. The van der Waals surface area contributed by atoms with E-state index in [1.165, 1.54) is 6.92 Å². The standard InChI is InChI=1S/C11H11BrO4/c1-6(13)3-7-10(14-2)8(12)4-9-11(7)16-5-15-9/h4H,3,5H2,1-2H3. The lowest BCUT2D eigenvalue weighted by molar-refractivity contribution is -0.116. The van der Waals surface area contributed by atoms with Crippen molar-refractivity contribution in [2.24, 2.45) is 0 Å². The lowest BCUT2D eigenvalue weighted by Gasteiger charge is -2.12. The Balaban J connectivity index is 2.56. The van der Waals surface area contributed by atoms with Gasteiger partial charge in [0.2, 0.25) is 6.79 Å². The van der Waals surface area contributed by atoms with Gasteiger partial charge in [0.15, 0.2) is 11.5 Å². The predicted molar refractivity (Wildman–Crippen MR) is 61.2 cm³/mol. The number of ketones is 1. The minimum absolute atomic E-state index is 0.0501. The third-order valence-corrected chi connectivity index (χ3v) is 2.88. The molecule has 0 aliphatic carbocycles. The van der Waals surface area contributed by atoms with E-state index in [1.807, 2.05) is 0 Å². The summed E-state index contributed by atoms with van der Waals surface area (Å²) >= 11 is 3.38. The van der Waals surface area contributed by atoms with E-state index in [0.29, 0.717) is 17.2 Å². The quantitative estimate of drug-likeness (QED) is 0.855. The second kappa shape index (κ2) is 4.33. The maximum absolute atomic E-state index is 11.2. The summed E-state index contributed by atoms with van der Waals surface area (Å²) in [5, 5.41) is 0. The van der Waals surface area contributed by atoms with Gasteiger partial charge in [0.1, 0.15) is 11.5 Å². The number of benzene rings is 1. The van der Waals surface area contributed by atoms with Gasteiger partial charge in [-0.25, -0.2) is 0 Å². The van der Waals surface area contributed by atoms with Crippen molar-refractivity contribution in [3.8, 4) is 17.2 Å². The summed E-state index contributed by atoms with van der Waals surface area (Å²) in [6.45, 7) is 1.71. The number of carbonyl (C=O) groups excluding carboxylic acids is 1. The van der Waals surface area contributed by atoms with Gasteiger partial charge in [-0.05, 0) is 22.9 Å². The molecule has 0 saturated heterocycles. The molecule has 0 fully saturated rings. The molecule has 0 saturated carbocycles. The summed E-state index contributed by atoms with van der Waals surface area (Å²) < 4.78 is 16.7. The second-order valence-electron chi connectivity index (χ2n) is 3.48.